The predicted octanol–water partition coefficient (Wildman–Crippen LogP) is 1.70. The van der Waals surface area contributed by atoms with Gasteiger partial charge in [-0.25, -0.2) is 0 Å². The zero-order chi connectivity index (χ0) is 13.5. The van der Waals surface area contributed by atoms with Gasteiger partial charge in [0, 0.05) is 24.9 Å². The Bertz CT molecular complexity index is 255. The highest BCUT2D eigenvalue weighted by molar-refractivity contribution is 5.82. The van der Waals surface area contributed by atoms with Gasteiger partial charge in [-0.2, -0.15) is 0 Å². The van der Waals surface area contributed by atoms with E-state index in [-0.39, 0.29) is 11.8 Å². The second kappa shape index (κ2) is 7.30. The Balaban J connectivity index is 3.62. The average Bonchev–Trinajstić information content (AvgIpc) is 2.15. The molecule has 0 bridgehead atoms. The molecule has 0 rings (SSSR count). The van der Waals surface area contributed by atoms with Crippen molar-refractivity contribution in [2.45, 2.75) is 47.5 Å². The summed E-state index contributed by atoms with van der Waals surface area (Å²) < 4.78 is 0. The van der Waals surface area contributed by atoms with Gasteiger partial charge in [0.25, 0.3) is 0 Å². The highest BCUT2D eigenvalue weighted by atomic mass is 16.2. The summed E-state index contributed by atoms with van der Waals surface area (Å²) in [7, 11) is 0. The second-order valence-electron chi connectivity index (χ2n) is 5.79. The molecule has 4 nitrogen and oxygen atoms in total. The van der Waals surface area contributed by atoms with Crippen LogP contribution in [0, 0.1) is 11.3 Å². The van der Waals surface area contributed by atoms with Crippen molar-refractivity contribution in [3.8, 4) is 0 Å². The van der Waals surface area contributed by atoms with Gasteiger partial charge in [0.15, 0.2) is 0 Å². The molecule has 0 saturated heterocycles. The highest BCUT2D eigenvalue weighted by Gasteiger charge is 2.20. The molecule has 0 saturated carbocycles. The first-order valence-electron chi connectivity index (χ1n) is 6.28. The van der Waals surface area contributed by atoms with E-state index < -0.39 is 5.41 Å². The van der Waals surface area contributed by atoms with Gasteiger partial charge in [-0.3, -0.25) is 9.59 Å². The van der Waals surface area contributed by atoms with E-state index >= 15 is 0 Å². The van der Waals surface area contributed by atoms with E-state index in [2.05, 4.69) is 24.5 Å². The standard InChI is InChI=1S/C13H26N2O2/c1-10(2)6-8-14-11(16)7-9-15-12(17)13(3,4)5/h10H,6-9H2,1-5H3,(H,14,16)(H,15,17). The SMILES string of the molecule is CC(C)CCNC(=O)CCNC(=O)C(C)(C)C. The van der Waals surface area contributed by atoms with Gasteiger partial charge in [0.1, 0.15) is 0 Å². The third-order valence-electron chi connectivity index (χ3n) is 2.36. The van der Waals surface area contributed by atoms with Crippen molar-refractivity contribution in [1.29, 1.82) is 0 Å². The number of nitrogens with one attached hydrogen (secondary N) is 2. The van der Waals surface area contributed by atoms with E-state index in [9.17, 15) is 9.59 Å². The van der Waals surface area contributed by atoms with E-state index in [0.29, 0.717) is 25.4 Å². The molecule has 17 heavy (non-hydrogen) atoms. The maximum absolute atomic E-state index is 11.5. The first-order valence-corrected chi connectivity index (χ1v) is 6.28. The van der Waals surface area contributed by atoms with Crippen LogP contribution in [0.5, 0.6) is 0 Å². The molecule has 0 atom stereocenters. The molecule has 0 aliphatic rings. The number of hydrogen-bond acceptors (Lipinski definition) is 2. The Morgan fingerprint density at radius 3 is 2.12 bits per heavy atom. The monoisotopic (exact) mass is 242 g/mol. The molecule has 4 heteroatoms. The fraction of sp³-hybridized carbons (Fsp3) is 0.846. The lowest BCUT2D eigenvalue weighted by Crippen LogP contribution is -2.37. The Morgan fingerprint density at radius 2 is 1.65 bits per heavy atom. The summed E-state index contributed by atoms with van der Waals surface area (Å²) in [4.78, 5) is 22.9. The van der Waals surface area contributed by atoms with Gasteiger partial charge in [-0.15, -0.1) is 0 Å². The van der Waals surface area contributed by atoms with Crippen LogP contribution in [0.25, 0.3) is 0 Å². The van der Waals surface area contributed by atoms with E-state index in [1.165, 1.54) is 0 Å². The number of rotatable bonds is 6. The summed E-state index contributed by atoms with van der Waals surface area (Å²) in [5.74, 6) is 0.572. The largest absolute Gasteiger partial charge is 0.356 e. The minimum Gasteiger partial charge on any atom is -0.356 e. The van der Waals surface area contributed by atoms with E-state index in [1.807, 2.05) is 20.8 Å². The van der Waals surface area contributed by atoms with Crippen LogP contribution < -0.4 is 10.6 Å². The van der Waals surface area contributed by atoms with Crippen molar-refractivity contribution >= 4 is 11.8 Å². The second-order valence-corrected chi connectivity index (χ2v) is 5.79. The highest BCUT2D eigenvalue weighted by Crippen LogP contribution is 2.11. The molecule has 0 aliphatic heterocycles. The third kappa shape index (κ3) is 8.72. The van der Waals surface area contributed by atoms with Crippen molar-refractivity contribution in [2.75, 3.05) is 13.1 Å². The lowest BCUT2D eigenvalue weighted by atomic mass is 9.96. The van der Waals surface area contributed by atoms with Gasteiger partial charge in [-0.05, 0) is 12.3 Å². The molecule has 0 aliphatic carbocycles. The normalized spacial score (nSPS) is 11.4. The number of hydrogen-bond donors (Lipinski definition) is 2. The molecular formula is C13H26N2O2. The van der Waals surface area contributed by atoms with Crippen LogP contribution in [0.1, 0.15) is 47.5 Å². The Labute approximate surface area is 105 Å². The Morgan fingerprint density at radius 1 is 1.06 bits per heavy atom. The van der Waals surface area contributed by atoms with E-state index in [0.717, 1.165) is 6.42 Å². The molecule has 0 heterocycles. The Hall–Kier alpha value is -1.06. The van der Waals surface area contributed by atoms with Crippen molar-refractivity contribution in [1.82, 2.24) is 10.6 Å². The third-order valence-corrected chi connectivity index (χ3v) is 2.36. The van der Waals surface area contributed by atoms with Gasteiger partial charge in [-0.1, -0.05) is 34.6 Å². The molecule has 2 amide bonds. The zero-order valence-electron chi connectivity index (χ0n) is 11.7. The van der Waals surface area contributed by atoms with Gasteiger partial charge in [0.2, 0.25) is 11.8 Å². The van der Waals surface area contributed by atoms with Gasteiger partial charge < -0.3 is 10.6 Å². The molecule has 0 aromatic carbocycles. The van der Waals surface area contributed by atoms with E-state index in [4.69, 9.17) is 0 Å². The molecule has 0 fully saturated rings. The number of carbonyl (C=O) groups excluding carboxylic acids is 2. The maximum atomic E-state index is 11.5. The summed E-state index contributed by atoms with van der Waals surface area (Å²) in [6.07, 6.45) is 1.33. The van der Waals surface area contributed by atoms with Crippen LogP contribution in [-0.4, -0.2) is 24.9 Å². The molecular weight excluding hydrogens is 216 g/mol. The van der Waals surface area contributed by atoms with Crippen LogP contribution in [-0.2, 0) is 9.59 Å². The van der Waals surface area contributed by atoms with Gasteiger partial charge in [0.05, 0.1) is 0 Å². The fourth-order valence-electron chi connectivity index (χ4n) is 1.14. The predicted molar refractivity (Wildman–Crippen MR) is 69.5 cm³/mol. The van der Waals surface area contributed by atoms with Crippen molar-refractivity contribution in [3.63, 3.8) is 0 Å². The fourth-order valence-corrected chi connectivity index (χ4v) is 1.14. The average molecular weight is 242 g/mol. The summed E-state index contributed by atoms with van der Waals surface area (Å²) in [5.41, 5.74) is -0.395. The van der Waals surface area contributed by atoms with Crippen molar-refractivity contribution < 1.29 is 9.59 Å². The van der Waals surface area contributed by atoms with Crippen LogP contribution in [0.15, 0.2) is 0 Å². The summed E-state index contributed by atoms with van der Waals surface area (Å²) in [6.45, 7) is 10.9. The minimum absolute atomic E-state index is 0.000130. The first kappa shape index (κ1) is 15.9. The maximum Gasteiger partial charge on any atom is 0.225 e. The van der Waals surface area contributed by atoms with E-state index in [1.54, 1.807) is 0 Å². The topological polar surface area (TPSA) is 58.2 Å². The molecule has 0 spiro atoms. The zero-order valence-corrected chi connectivity index (χ0v) is 11.7. The minimum atomic E-state index is -0.395. The summed E-state index contributed by atoms with van der Waals surface area (Å²) in [6, 6.07) is 0. The van der Waals surface area contributed by atoms with Crippen LogP contribution in [0.2, 0.25) is 0 Å². The number of carbonyl (C=O) groups is 2. The molecule has 0 aromatic rings. The van der Waals surface area contributed by atoms with Gasteiger partial charge >= 0.3 is 0 Å². The molecule has 100 valence electrons. The lowest BCUT2D eigenvalue weighted by Gasteiger charge is -2.17. The first-order chi connectivity index (χ1) is 7.73. The van der Waals surface area contributed by atoms with Crippen LogP contribution in [0.3, 0.4) is 0 Å². The lowest BCUT2D eigenvalue weighted by molar-refractivity contribution is -0.128. The molecule has 0 aromatic heterocycles. The van der Waals surface area contributed by atoms with Crippen molar-refractivity contribution in [3.05, 3.63) is 0 Å². The summed E-state index contributed by atoms with van der Waals surface area (Å²) >= 11 is 0. The van der Waals surface area contributed by atoms with Crippen LogP contribution >= 0.6 is 0 Å². The smallest absolute Gasteiger partial charge is 0.225 e. The van der Waals surface area contributed by atoms with Crippen molar-refractivity contribution in [2.24, 2.45) is 11.3 Å². The molecule has 2 N–H and O–H groups in total. The summed E-state index contributed by atoms with van der Waals surface area (Å²) in [5, 5.41) is 5.59. The van der Waals surface area contributed by atoms with Crippen LogP contribution in [0.4, 0.5) is 0 Å². The Kier molecular flexibility index (Phi) is 6.85. The molecule has 0 unspecified atom stereocenters. The quantitative estimate of drug-likeness (QED) is 0.745. The molecule has 0 radical (unpaired) electrons. The number of amides is 2.